The molecule has 1 aliphatic rings. The number of rotatable bonds is 1. The van der Waals surface area contributed by atoms with Gasteiger partial charge in [-0.3, -0.25) is 4.79 Å². The van der Waals surface area contributed by atoms with Crippen LogP contribution in [0.25, 0.3) is 0 Å². The van der Waals surface area contributed by atoms with Crippen LogP contribution >= 0.6 is 22.6 Å². The molecule has 1 aromatic rings. The Morgan fingerprint density at radius 3 is 3.00 bits per heavy atom. The van der Waals surface area contributed by atoms with Gasteiger partial charge in [0, 0.05) is 15.7 Å². The molecule has 0 aromatic heterocycles. The summed E-state index contributed by atoms with van der Waals surface area (Å²) in [7, 11) is 0. The lowest BCUT2D eigenvalue weighted by atomic mass is 10.0. The first-order chi connectivity index (χ1) is 8.22. The number of benzene rings is 1. The van der Waals surface area contributed by atoms with Crippen molar-refractivity contribution in [1.82, 2.24) is 4.90 Å². The molecule has 0 N–H and O–H groups in total. The smallest absolute Gasteiger partial charge is 0.254 e. The molecule has 0 saturated carbocycles. The van der Waals surface area contributed by atoms with Gasteiger partial charge in [-0.05, 0) is 60.1 Å². The third kappa shape index (κ3) is 2.78. The van der Waals surface area contributed by atoms with Gasteiger partial charge in [-0.15, -0.1) is 0 Å². The minimum Gasteiger partial charge on any atom is -0.323 e. The van der Waals surface area contributed by atoms with Gasteiger partial charge in [0.2, 0.25) is 0 Å². The Hall–Kier alpha value is -1.09. The number of halogens is 1. The molecule has 0 bridgehead atoms. The maximum Gasteiger partial charge on any atom is 0.254 e. The first kappa shape index (κ1) is 12.4. The highest BCUT2D eigenvalue weighted by Gasteiger charge is 2.27. The molecule has 2 rings (SSSR count). The maximum absolute atomic E-state index is 12.3. The fourth-order valence-electron chi connectivity index (χ4n) is 2.10. The minimum absolute atomic E-state index is 0.0187. The van der Waals surface area contributed by atoms with Gasteiger partial charge in [0.25, 0.3) is 5.91 Å². The summed E-state index contributed by atoms with van der Waals surface area (Å²) in [6.45, 7) is 0.697. The topological polar surface area (TPSA) is 44.1 Å². The van der Waals surface area contributed by atoms with Gasteiger partial charge in [0.15, 0.2) is 0 Å². The largest absolute Gasteiger partial charge is 0.323 e. The summed E-state index contributed by atoms with van der Waals surface area (Å²) in [6.07, 6.45) is 2.83. The lowest BCUT2D eigenvalue weighted by molar-refractivity contribution is 0.0670. The zero-order chi connectivity index (χ0) is 12.3. The molecule has 1 fully saturated rings. The molecular weight excluding hydrogens is 327 g/mol. The van der Waals surface area contributed by atoms with E-state index in [9.17, 15) is 4.79 Å². The van der Waals surface area contributed by atoms with Crippen LogP contribution in [0, 0.1) is 14.9 Å². The van der Waals surface area contributed by atoms with E-state index in [1.165, 1.54) is 0 Å². The van der Waals surface area contributed by atoms with Crippen LogP contribution in [0.15, 0.2) is 24.3 Å². The molecule has 1 saturated heterocycles. The highest BCUT2D eigenvalue weighted by molar-refractivity contribution is 14.1. The van der Waals surface area contributed by atoms with E-state index in [2.05, 4.69) is 28.7 Å². The van der Waals surface area contributed by atoms with E-state index in [1.54, 1.807) is 4.90 Å². The predicted molar refractivity (Wildman–Crippen MR) is 73.4 cm³/mol. The lowest BCUT2D eigenvalue weighted by Gasteiger charge is -2.31. The summed E-state index contributed by atoms with van der Waals surface area (Å²) in [5, 5.41) is 9.07. The average Bonchev–Trinajstić information content (AvgIpc) is 2.38. The number of nitrogens with zero attached hydrogens (tertiary/aromatic N) is 2. The van der Waals surface area contributed by atoms with Gasteiger partial charge in [0.1, 0.15) is 6.04 Å². The van der Waals surface area contributed by atoms with Crippen LogP contribution in [0.2, 0.25) is 0 Å². The van der Waals surface area contributed by atoms with Crippen molar-refractivity contribution in [2.45, 2.75) is 25.3 Å². The van der Waals surface area contributed by atoms with Crippen LogP contribution in [0.4, 0.5) is 0 Å². The summed E-state index contributed by atoms with van der Waals surface area (Å²) in [5.74, 6) is -0.0187. The van der Waals surface area contributed by atoms with E-state index in [1.807, 2.05) is 24.3 Å². The van der Waals surface area contributed by atoms with E-state index in [0.717, 1.165) is 22.8 Å². The van der Waals surface area contributed by atoms with Gasteiger partial charge >= 0.3 is 0 Å². The summed E-state index contributed by atoms with van der Waals surface area (Å²) < 4.78 is 1.04. The van der Waals surface area contributed by atoms with Crippen molar-refractivity contribution < 1.29 is 4.79 Å². The highest BCUT2D eigenvalue weighted by atomic mass is 127. The number of piperidine rings is 1. The minimum atomic E-state index is -0.255. The zero-order valence-corrected chi connectivity index (χ0v) is 11.6. The molecule has 1 heterocycles. The number of hydrogen-bond acceptors (Lipinski definition) is 2. The molecule has 1 amide bonds. The lowest BCUT2D eigenvalue weighted by Crippen LogP contribution is -2.42. The fourth-order valence-corrected chi connectivity index (χ4v) is 2.64. The first-order valence-corrected chi connectivity index (χ1v) is 6.76. The number of carbonyl (C=O) groups excluding carboxylic acids is 1. The fraction of sp³-hybridized carbons (Fsp3) is 0.385. The Bertz CT molecular complexity index is 467. The van der Waals surface area contributed by atoms with Crippen LogP contribution < -0.4 is 0 Å². The van der Waals surface area contributed by atoms with E-state index in [4.69, 9.17) is 5.26 Å². The maximum atomic E-state index is 12.3. The Labute approximate surface area is 115 Å². The third-order valence-electron chi connectivity index (χ3n) is 2.98. The Morgan fingerprint density at radius 2 is 2.29 bits per heavy atom. The van der Waals surface area contributed by atoms with Crippen LogP contribution in [-0.2, 0) is 0 Å². The molecule has 1 aromatic carbocycles. The summed E-state index contributed by atoms with van der Waals surface area (Å²) in [5.41, 5.74) is 0.680. The van der Waals surface area contributed by atoms with E-state index in [-0.39, 0.29) is 11.9 Å². The number of nitriles is 1. The van der Waals surface area contributed by atoms with Gasteiger partial charge < -0.3 is 4.90 Å². The van der Waals surface area contributed by atoms with Crippen LogP contribution in [-0.4, -0.2) is 23.4 Å². The Morgan fingerprint density at radius 1 is 1.47 bits per heavy atom. The van der Waals surface area contributed by atoms with Crippen LogP contribution in [0.5, 0.6) is 0 Å². The van der Waals surface area contributed by atoms with E-state index < -0.39 is 0 Å². The quantitative estimate of drug-likeness (QED) is 0.738. The number of carbonyl (C=O) groups is 1. The molecule has 0 aliphatic carbocycles. The highest BCUT2D eigenvalue weighted by Crippen LogP contribution is 2.19. The SMILES string of the molecule is N#CC1CCCCN1C(=O)c1cccc(I)c1. The van der Waals surface area contributed by atoms with Crippen molar-refractivity contribution in [1.29, 1.82) is 5.26 Å². The molecule has 3 nitrogen and oxygen atoms in total. The second kappa shape index (κ2) is 5.50. The number of hydrogen-bond donors (Lipinski definition) is 0. The summed E-state index contributed by atoms with van der Waals surface area (Å²) >= 11 is 2.19. The van der Waals surface area contributed by atoms with Crippen molar-refractivity contribution in [2.24, 2.45) is 0 Å². The molecule has 1 atom stereocenters. The van der Waals surface area contributed by atoms with E-state index >= 15 is 0 Å². The molecule has 88 valence electrons. The molecule has 1 aliphatic heterocycles. The Kier molecular flexibility index (Phi) is 4.00. The second-order valence-electron chi connectivity index (χ2n) is 4.15. The van der Waals surface area contributed by atoms with Crippen molar-refractivity contribution >= 4 is 28.5 Å². The van der Waals surface area contributed by atoms with E-state index in [0.29, 0.717) is 12.1 Å². The average molecular weight is 340 g/mol. The zero-order valence-electron chi connectivity index (χ0n) is 9.40. The third-order valence-corrected chi connectivity index (χ3v) is 3.66. The molecular formula is C13H13IN2O. The van der Waals surface area contributed by atoms with Crippen molar-refractivity contribution in [3.63, 3.8) is 0 Å². The monoisotopic (exact) mass is 340 g/mol. The van der Waals surface area contributed by atoms with Crippen LogP contribution in [0.3, 0.4) is 0 Å². The van der Waals surface area contributed by atoms with Crippen molar-refractivity contribution in [3.05, 3.63) is 33.4 Å². The molecule has 4 heteroatoms. The molecule has 0 spiro atoms. The normalized spacial score (nSPS) is 19.8. The molecule has 1 unspecified atom stereocenters. The molecule has 0 radical (unpaired) electrons. The predicted octanol–water partition coefficient (Wildman–Crippen LogP) is 2.81. The van der Waals surface area contributed by atoms with Gasteiger partial charge in [-0.2, -0.15) is 5.26 Å². The van der Waals surface area contributed by atoms with Gasteiger partial charge in [-0.1, -0.05) is 6.07 Å². The van der Waals surface area contributed by atoms with Crippen LogP contribution in [0.1, 0.15) is 29.6 Å². The number of likely N-dealkylation sites (tertiary alicyclic amines) is 1. The van der Waals surface area contributed by atoms with Crippen molar-refractivity contribution in [2.75, 3.05) is 6.54 Å². The van der Waals surface area contributed by atoms with Gasteiger partial charge in [0.05, 0.1) is 6.07 Å². The summed E-state index contributed by atoms with van der Waals surface area (Å²) in [6, 6.07) is 9.48. The second-order valence-corrected chi connectivity index (χ2v) is 5.40. The van der Waals surface area contributed by atoms with Gasteiger partial charge in [-0.25, -0.2) is 0 Å². The van der Waals surface area contributed by atoms with Crippen molar-refractivity contribution in [3.8, 4) is 6.07 Å². The summed E-state index contributed by atoms with van der Waals surface area (Å²) in [4.78, 5) is 14.0. The first-order valence-electron chi connectivity index (χ1n) is 5.68. The molecule has 17 heavy (non-hydrogen) atoms. The Balaban J connectivity index is 2.22. The standard InChI is InChI=1S/C13H13IN2O/c14-11-5-3-4-10(8-11)13(17)16-7-2-1-6-12(16)9-15/h3-5,8,12H,1-2,6-7H2. The number of amides is 1.